The molecule has 2 aromatic rings. The van der Waals surface area contributed by atoms with Crippen molar-refractivity contribution in [2.75, 3.05) is 0 Å². The number of ether oxygens (including phenoxy) is 1. The molecule has 5 nitrogen and oxygen atoms in total. The largest absolute Gasteiger partial charge is 0.485 e. The van der Waals surface area contributed by atoms with Crippen LogP contribution in [0, 0.1) is 5.41 Å². The molecule has 0 fully saturated rings. The van der Waals surface area contributed by atoms with Crippen LogP contribution in [0.3, 0.4) is 0 Å². The predicted octanol–water partition coefficient (Wildman–Crippen LogP) is 4.03. The van der Waals surface area contributed by atoms with E-state index in [2.05, 4.69) is 10.3 Å². The zero-order valence-corrected chi connectivity index (χ0v) is 12.3. The predicted molar refractivity (Wildman–Crippen MR) is 80.8 cm³/mol. The molecule has 2 aromatic carbocycles. The van der Waals surface area contributed by atoms with Gasteiger partial charge in [0.1, 0.15) is 11.9 Å². The summed E-state index contributed by atoms with van der Waals surface area (Å²) < 4.78 is 44.0. The average Bonchev–Trinajstić information content (AvgIpc) is 2.97. The van der Waals surface area contributed by atoms with Gasteiger partial charge in [-0.15, -0.1) is 5.11 Å². The molecule has 1 heterocycles. The Balaban J connectivity index is 1.85. The maximum atomic E-state index is 12.8. The third kappa shape index (κ3) is 3.08. The Morgan fingerprint density at radius 2 is 2.00 bits per heavy atom. The molecule has 0 bridgehead atoms. The highest BCUT2D eigenvalue weighted by Crippen LogP contribution is 2.40. The van der Waals surface area contributed by atoms with Crippen LogP contribution in [0.2, 0.25) is 0 Å². The number of nitrogens with one attached hydrogen (secondary N) is 1. The summed E-state index contributed by atoms with van der Waals surface area (Å²) >= 11 is 0. The Hall–Kier alpha value is -2.90. The molecule has 0 spiro atoms. The number of hydrogen-bond acceptors (Lipinski definition) is 3. The van der Waals surface area contributed by atoms with E-state index in [1.165, 1.54) is 6.07 Å². The fourth-order valence-electron chi connectivity index (χ4n) is 2.59. The van der Waals surface area contributed by atoms with Crippen LogP contribution in [0.4, 0.5) is 13.2 Å². The molecule has 3 N–H and O–H groups in total. The van der Waals surface area contributed by atoms with E-state index in [0.717, 1.165) is 23.3 Å². The van der Waals surface area contributed by atoms with Crippen LogP contribution in [0.1, 0.15) is 28.4 Å². The van der Waals surface area contributed by atoms with Crippen molar-refractivity contribution in [2.45, 2.75) is 18.7 Å². The first-order valence-electron chi connectivity index (χ1n) is 7.05. The van der Waals surface area contributed by atoms with Gasteiger partial charge < -0.3 is 10.6 Å². The van der Waals surface area contributed by atoms with Gasteiger partial charge in [0.2, 0.25) is 0 Å². The molecule has 8 heteroatoms. The normalized spacial score (nSPS) is 16.9. The van der Waals surface area contributed by atoms with Gasteiger partial charge in [0.15, 0.2) is 5.84 Å². The van der Waals surface area contributed by atoms with Crippen LogP contribution in [-0.2, 0) is 12.6 Å². The molecule has 0 amide bonds. The van der Waals surface area contributed by atoms with E-state index in [1.807, 2.05) is 0 Å². The van der Waals surface area contributed by atoms with Gasteiger partial charge in [0.05, 0.1) is 5.56 Å². The molecule has 0 aliphatic carbocycles. The van der Waals surface area contributed by atoms with Crippen molar-refractivity contribution in [3.8, 4) is 5.75 Å². The van der Waals surface area contributed by atoms with Crippen LogP contribution in [0.15, 0.2) is 52.8 Å². The number of alkyl halides is 3. The number of halogens is 3. The Morgan fingerprint density at radius 3 is 2.71 bits per heavy atom. The molecule has 3 rings (SSSR count). The minimum absolute atomic E-state index is 0.103. The maximum absolute atomic E-state index is 12.8. The zero-order valence-electron chi connectivity index (χ0n) is 12.3. The van der Waals surface area contributed by atoms with E-state index >= 15 is 0 Å². The van der Waals surface area contributed by atoms with Crippen molar-refractivity contribution in [1.29, 1.82) is 5.41 Å². The summed E-state index contributed by atoms with van der Waals surface area (Å²) in [5.41, 5.74) is 1.22. The molecule has 1 unspecified atom stereocenters. The zero-order chi connectivity index (χ0) is 17.3. The Kier molecular flexibility index (Phi) is 3.96. The second-order valence-corrected chi connectivity index (χ2v) is 5.32. The molecule has 1 aliphatic rings. The van der Waals surface area contributed by atoms with Crippen molar-refractivity contribution in [1.82, 2.24) is 0 Å². The van der Waals surface area contributed by atoms with E-state index in [0.29, 0.717) is 12.0 Å². The summed E-state index contributed by atoms with van der Waals surface area (Å²) in [6, 6.07) is 10.4. The number of benzene rings is 2. The van der Waals surface area contributed by atoms with Crippen molar-refractivity contribution in [2.24, 2.45) is 16.2 Å². The summed E-state index contributed by atoms with van der Waals surface area (Å²) in [7, 11) is 0. The fourth-order valence-corrected chi connectivity index (χ4v) is 2.59. The standard InChI is InChI=1S/C16H13F3N4O/c17-16(18,19)12-5-4-10-7-13(24-14(10)8-12)9-2-1-3-11(6-9)15(20)22-23-21/h1-6,8,13H,7H2,(H3,20,21,22). The van der Waals surface area contributed by atoms with E-state index in [4.69, 9.17) is 16.0 Å². The monoisotopic (exact) mass is 334 g/mol. The van der Waals surface area contributed by atoms with Gasteiger partial charge in [0, 0.05) is 12.0 Å². The lowest BCUT2D eigenvalue weighted by molar-refractivity contribution is -0.137. The fraction of sp³-hybridized carbons (Fsp3) is 0.188. The van der Waals surface area contributed by atoms with Crippen LogP contribution in [0.25, 0.3) is 0 Å². The highest BCUT2D eigenvalue weighted by molar-refractivity contribution is 5.96. The first-order chi connectivity index (χ1) is 11.4. The van der Waals surface area contributed by atoms with Crippen molar-refractivity contribution >= 4 is 5.84 Å². The summed E-state index contributed by atoms with van der Waals surface area (Å²) in [6.45, 7) is 0. The van der Waals surface area contributed by atoms with Gasteiger partial charge in [0.25, 0.3) is 0 Å². The molecular formula is C16H13F3N4O. The highest BCUT2D eigenvalue weighted by Gasteiger charge is 2.33. The van der Waals surface area contributed by atoms with E-state index < -0.39 is 17.8 Å². The van der Waals surface area contributed by atoms with E-state index in [1.54, 1.807) is 24.3 Å². The van der Waals surface area contributed by atoms with Gasteiger partial charge in [-0.05, 0) is 29.3 Å². The Labute approximate surface area is 135 Å². The Bertz CT molecular complexity index is 817. The lowest BCUT2D eigenvalue weighted by Crippen LogP contribution is -2.06. The molecule has 0 saturated heterocycles. The first-order valence-corrected chi connectivity index (χ1v) is 7.05. The molecule has 0 saturated carbocycles. The number of amidine groups is 1. The quantitative estimate of drug-likeness (QED) is 0.286. The van der Waals surface area contributed by atoms with Crippen molar-refractivity contribution in [3.05, 3.63) is 64.7 Å². The Morgan fingerprint density at radius 1 is 1.21 bits per heavy atom. The van der Waals surface area contributed by atoms with Gasteiger partial charge in [-0.3, -0.25) is 5.41 Å². The summed E-state index contributed by atoms with van der Waals surface area (Å²) in [6.07, 6.45) is -4.35. The van der Waals surface area contributed by atoms with Crippen LogP contribution < -0.4 is 10.6 Å². The van der Waals surface area contributed by atoms with Crippen LogP contribution >= 0.6 is 0 Å². The number of fused-ring (bicyclic) bond motifs is 1. The molecule has 0 aromatic heterocycles. The number of hydrogen-bond donors (Lipinski definition) is 2. The first kappa shape index (κ1) is 16.0. The molecular weight excluding hydrogens is 321 g/mol. The van der Waals surface area contributed by atoms with Gasteiger partial charge in [-0.25, -0.2) is 0 Å². The average molecular weight is 334 g/mol. The minimum Gasteiger partial charge on any atom is -0.485 e. The van der Waals surface area contributed by atoms with Crippen molar-refractivity contribution < 1.29 is 17.9 Å². The topological polar surface area (TPSA) is 83.8 Å². The number of nitrogens with two attached hydrogens (primary N) is 1. The summed E-state index contributed by atoms with van der Waals surface area (Å²) in [5.74, 6) is 5.07. The lowest BCUT2D eigenvalue weighted by atomic mass is 10.0. The lowest BCUT2D eigenvalue weighted by Gasteiger charge is -2.12. The minimum atomic E-state index is -4.40. The third-order valence-corrected chi connectivity index (χ3v) is 3.76. The van der Waals surface area contributed by atoms with E-state index in [9.17, 15) is 13.2 Å². The SMILES string of the molecule is N=C(N=NN)c1cccc(C2Cc3ccc(C(F)(F)F)cc3O2)c1. The maximum Gasteiger partial charge on any atom is 0.416 e. The number of rotatable bonds is 2. The molecule has 0 radical (unpaired) electrons. The molecule has 124 valence electrons. The summed E-state index contributed by atoms with van der Waals surface area (Å²) in [5, 5.41) is 14.2. The van der Waals surface area contributed by atoms with Gasteiger partial charge >= 0.3 is 6.18 Å². The van der Waals surface area contributed by atoms with Crippen molar-refractivity contribution in [3.63, 3.8) is 0 Å². The van der Waals surface area contributed by atoms with Gasteiger partial charge in [-0.2, -0.15) is 13.2 Å². The molecule has 1 atom stereocenters. The van der Waals surface area contributed by atoms with Crippen LogP contribution in [0.5, 0.6) is 5.75 Å². The van der Waals surface area contributed by atoms with Gasteiger partial charge in [-0.1, -0.05) is 29.5 Å². The smallest absolute Gasteiger partial charge is 0.416 e. The summed E-state index contributed by atoms with van der Waals surface area (Å²) in [4.78, 5) is 0. The third-order valence-electron chi connectivity index (χ3n) is 3.76. The molecule has 1 aliphatic heterocycles. The molecule has 24 heavy (non-hydrogen) atoms. The highest BCUT2D eigenvalue weighted by atomic mass is 19.4. The second kappa shape index (κ2) is 5.95. The second-order valence-electron chi connectivity index (χ2n) is 5.32. The van der Waals surface area contributed by atoms with Crippen LogP contribution in [-0.4, -0.2) is 5.84 Å². The van der Waals surface area contributed by atoms with E-state index in [-0.39, 0.29) is 11.6 Å². The number of nitrogens with zero attached hydrogens (tertiary/aromatic N) is 2.